The third kappa shape index (κ3) is 5.69. The molecule has 0 atom stereocenters. The first kappa shape index (κ1) is 30.2. The number of hydrogen-bond acceptors (Lipinski definition) is 5. The first-order valence-electron chi connectivity index (χ1n) is 15.9. The van der Waals surface area contributed by atoms with E-state index in [0.29, 0.717) is 45.9 Å². The van der Waals surface area contributed by atoms with Crippen molar-refractivity contribution in [1.82, 2.24) is 34.7 Å². The molecule has 4 heterocycles. The third-order valence-corrected chi connectivity index (χ3v) is 9.52. The van der Waals surface area contributed by atoms with E-state index >= 15 is 0 Å². The highest BCUT2D eigenvalue weighted by molar-refractivity contribution is 6.31. The van der Waals surface area contributed by atoms with Crippen molar-refractivity contribution in [3.8, 4) is 11.5 Å². The molecule has 9 nitrogen and oxygen atoms in total. The van der Waals surface area contributed by atoms with Gasteiger partial charge in [0.25, 0.3) is 5.91 Å². The van der Waals surface area contributed by atoms with Gasteiger partial charge in [-0.3, -0.25) is 9.48 Å². The van der Waals surface area contributed by atoms with E-state index < -0.39 is 0 Å². The quantitative estimate of drug-likeness (QED) is 0.168. The first-order valence-corrected chi connectivity index (χ1v) is 16.6. The SMILES string of the molecule is Cc1cc(Oc2cc(Cl)ccc2CNC(=O)c2c(Cn3cc(Cn4c5ccccc5c5ccccc54)nn3)nn3c2CCC3)ccc1Cl. The van der Waals surface area contributed by atoms with Crippen molar-refractivity contribution in [3.63, 3.8) is 0 Å². The van der Waals surface area contributed by atoms with Crippen LogP contribution in [0.1, 0.15) is 45.0 Å². The molecule has 0 spiro atoms. The van der Waals surface area contributed by atoms with Crippen LogP contribution in [0.2, 0.25) is 10.0 Å². The molecule has 7 aromatic rings. The third-order valence-electron chi connectivity index (χ3n) is 8.86. The summed E-state index contributed by atoms with van der Waals surface area (Å²) in [4.78, 5) is 13.8. The number of para-hydroxylation sites is 2. The Morgan fingerprint density at radius 2 is 1.71 bits per heavy atom. The number of carbonyl (C=O) groups excluding carboxylic acids is 1. The molecule has 11 heteroatoms. The predicted molar refractivity (Wildman–Crippen MR) is 187 cm³/mol. The maximum Gasteiger partial charge on any atom is 0.255 e. The van der Waals surface area contributed by atoms with Crippen molar-refractivity contribution in [2.45, 2.75) is 45.9 Å². The lowest BCUT2D eigenvalue weighted by Crippen LogP contribution is -2.25. The number of ether oxygens (including phenoxy) is 1. The van der Waals surface area contributed by atoms with Gasteiger partial charge in [0.05, 0.1) is 36.2 Å². The number of carbonyl (C=O) groups is 1. The van der Waals surface area contributed by atoms with E-state index in [9.17, 15) is 4.79 Å². The lowest BCUT2D eigenvalue weighted by Gasteiger charge is -2.14. The Bertz CT molecular complexity index is 2280. The molecule has 4 aromatic carbocycles. The van der Waals surface area contributed by atoms with E-state index in [-0.39, 0.29) is 12.5 Å². The molecule has 1 aliphatic rings. The molecular formula is C37H31Cl2N7O2. The minimum atomic E-state index is -0.193. The van der Waals surface area contributed by atoms with Crippen molar-refractivity contribution in [2.75, 3.05) is 0 Å². The van der Waals surface area contributed by atoms with Gasteiger partial charge in [-0.15, -0.1) is 5.10 Å². The number of benzene rings is 4. The molecule has 0 saturated heterocycles. The minimum Gasteiger partial charge on any atom is -0.457 e. The number of nitrogens with zero attached hydrogens (tertiary/aromatic N) is 6. The van der Waals surface area contributed by atoms with Crippen LogP contribution in [0.5, 0.6) is 11.5 Å². The fraction of sp³-hybridized carbons (Fsp3) is 0.189. The number of rotatable bonds is 9. The smallest absolute Gasteiger partial charge is 0.255 e. The number of nitrogens with one attached hydrogen (secondary N) is 1. The lowest BCUT2D eigenvalue weighted by atomic mass is 10.1. The topological polar surface area (TPSA) is 91.8 Å². The second-order valence-corrected chi connectivity index (χ2v) is 12.9. The summed E-state index contributed by atoms with van der Waals surface area (Å²) in [5.41, 5.74) is 7.02. The zero-order valence-corrected chi connectivity index (χ0v) is 27.7. The summed E-state index contributed by atoms with van der Waals surface area (Å²) in [7, 11) is 0. The van der Waals surface area contributed by atoms with Crippen LogP contribution in [-0.2, 0) is 32.6 Å². The summed E-state index contributed by atoms with van der Waals surface area (Å²) < 4.78 is 12.2. The van der Waals surface area contributed by atoms with Crippen LogP contribution in [0, 0.1) is 6.92 Å². The van der Waals surface area contributed by atoms with Crippen molar-refractivity contribution >= 4 is 50.9 Å². The van der Waals surface area contributed by atoms with Crippen LogP contribution in [0.15, 0.2) is 91.1 Å². The van der Waals surface area contributed by atoms with Gasteiger partial charge in [-0.05, 0) is 67.8 Å². The van der Waals surface area contributed by atoms with Gasteiger partial charge in [-0.2, -0.15) is 5.10 Å². The number of aryl methyl sites for hydroxylation is 2. The zero-order chi connectivity index (χ0) is 32.8. The van der Waals surface area contributed by atoms with Gasteiger partial charge in [0, 0.05) is 50.5 Å². The molecule has 240 valence electrons. The maximum atomic E-state index is 13.8. The van der Waals surface area contributed by atoms with Crippen molar-refractivity contribution in [1.29, 1.82) is 0 Å². The fourth-order valence-corrected chi connectivity index (χ4v) is 6.86. The van der Waals surface area contributed by atoms with Gasteiger partial charge in [0.2, 0.25) is 0 Å². The van der Waals surface area contributed by atoms with Crippen LogP contribution >= 0.6 is 23.2 Å². The minimum absolute atomic E-state index is 0.193. The van der Waals surface area contributed by atoms with Gasteiger partial charge >= 0.3 is 0 Å². The summed E-state index contributed by atoms with van der Waals surface area (Å²) >= 11 is 12.5. The Morgan fingerprint density at radius 1 is 0.938 bits per heavy atom. The van der Waals surface area contributed by atoms with Gasteiger partial charge in [0.15, 0.2) is 0 Å². The number of aromatic nitrogens is 6. The molecular weight excluding hydrogens is 645 g/mol. The molecule has 0 bridgehead atoms. The summed E-state index contributed by atoms with van der Waals surface area (Å²) in [5, 5.41) is 20.5. The Labute approximate surface area is 286 Å². The standard InChI is InChI=1S/C37H31Cl2N7O2/c1-23-17-27(14-15-30(23)39)48-35-18-25(38)13-12-24(35)19-40-37(47)36-31(42-46-16-6-11-34(36)46)22-44-20-26(41-43-44)21-45-32-9-4-2-7-28(32)29-8-3-5-10-33(29)45/h2-5,7-10,12-15,17-18,20H,6,11,16,19,21-22H2,1H3,(H,40,47). The van der Waals surface area contributed by atoms with E-state index in [1.54, 1.807) is 28.9 Å². The summed E-state index contributed by atoms with van der Waals surface area (Å²) in [6.07, 6.45) is 3.67. The summed E-state index contributed by atoms with van der Waals surface area (Å²) in [6.45, 7) is 3.84. The highest BCUT2D eigenvalue weighted by Crippen LogP contribution is 2.32. The van der Waals surface area contributed by atoms with Crippen LogP contribution in [0.4, 0.5) is 0 Å². The predicted octanol–water partition coefficient (Wildman–Crippen LogP) is 7.96. The summed E-state index contributed by atoms with van der Waals surface area (Å²) in [6, 6.07) is 27.7. The fourth-order valence-electron chi connectivity index (χ4n) is 6.58. The van der Waals surface area contributed by atoms with Crippen molar-refractivity contribution in [2.24, 2.45) is 0 Å². The largest absolute Gasteiger partial charge is 0.457 e. The van der Waals surface area contributed by atoms with E-state index in [0.717, 1.165) is 52.9 Å². The molecule has 1 amide bonds. The van der Waals surface area contributed by atoms with E-state index in [2.05, 4.69) is 68.7 Å². The number of fused-ring (bicyclic) bond motifs is 4. The second-order valence-electron chi connectivity index (χ2n) is 12.1. The van der Waals surface area contributed by atoms with Crippen LogP contribution in [0.3, 0.4) is 0 Å². The number of hydrogen-bond donors (Lipinski definition) is 1. The Hall–Kier alpha value is -5.12. The van der Waals surface area contributed by atoms with Crippen LogP contribution in [-0.4, -0.2) is 35.2 Å². The monoisotopic (exact) mass is 675 g/mol. The van der Waals surface area contributed by atoms with Gasteiger partial charge in [-0.1, -0.05) is 70.9 Å². The van der Waals surface area contributed by atoms with Crippen LogP contribution < -0.4 is 10.1 Å². The Balaban J connectivity index is 1.02. The zero-order valence-electron chi connectivity index (χ0n) is 26.2. The molecule has 0 aliphatic carbocycles. The van der Waals surface area contributed by atoms with Crippen molar-refractivity contribution < 1.29 is 9.53 Å². The van der Waals surface area contributed by atoms with Crippen LogP contribution in [0.25, 0.3) is 21.8 Å². The number of halogens is 2. The van der Waals surface area contributed by atoms with E-state index in [1.165, 1.54) is 10.8 Å². The highest BCUT2D eigenvalue weighted by Gasteiger charge is 2.27. The molecule has 48 heavy (non-hydrogen) atoms. The molecule has 0 radical (unpaired) electrons. The molecule has 1 N–H and O–H groups in total. The Kier molecular flexibility index (Phi) is 7.86. The average Bonchev–Trinajstić information content (AvgIpc) is 3.87. The van der Waals surface area contributed by atoms with E-state index in [4.69, 9.17) is 33.0 Å². The lowest BCUT2D eigenvalue weighted by molar-refractivity contribution is 0.0948. The maximum absolute atomic E-state index is 13.8. The molecule has 0 saturated carbocycles. The second kappa shape index (κ2) is 12.5. The van der Waals surface area contributed by atoms with E-state index in [1.807, 2.05) is 29.9 Å². The molecule has 3 aromatic heterocycles. The highest BCUT2D eigenvalue weighted by atomic mass is 35.5. The normalized spacial score (nSPS) is 12.6. The average molecular weight is 677 g/mol. The van der Waals surface area contributed by atoms with Gasteiger partial charge < -0.3 is 14.6 Å². The summed E-state index contributed by atoms with van der Waals surface area (Å²) in [5.74, 6) is 0.999. The van der Waals surface area contributed by atoms with Crippen molar-refractivity contribution in [3.05, 3.63) is 135 Å². The molecule has 8 rings (SSSR count). The van der Waals surface area contributed by atoms with Gasteiger partial charge in [-0.25, -0.2) is 4.68 Å². The molecule has 0 fully saturated rings. The van der Waals surface area contributed by atoms with Gasteiger partial charge in [0.1, 0.15) is 17.2 Å². The first-order chi connectivity index (χ1) is 23.4. The molecule has 0 unspecified atom stereocenters. The Morgan fingerprint density at radius 3 is 2.48 bits per heavy atom. The number of amides is 1. The molecule has 1 aliphatic heterocycles.